The van der Waals surface area contributed by atoms with Crippen LogP contribution in [0.15, 0.2) is 40.8 Å². The first-order valence-electron chi connectivity index (χ1n) is 5.98. The van der Waals surface area contributed by atoms with Gasteiger partial charge in [0.2, 0.25) is 5.76 Å². The summed E-state index contributed by atoms with van der Waals surface area (Å²) in [5, 5.41) is 10.5. The van der Waals surface area contributed by atoms with E-state index >= 15 is 0 Å². The van der Waals surface area contributed by atoms with Crippen LogP contribution in [0, 0.1) is 17.0 Å². The Bertz CT molecular complexity index is 686. The molecule has 1 aromatic heterocycles. The Morgan fingerprint density at radius 1 is 1.19 bits per heavy atom. The molecule has 0 saturated carbocycles. The summed E-state index contributed by atoms with van der Waals surface area (Å²) in [4.78, 5) is 33.3. The van der Waals surface area contributed by atoms with Crippen molar-refractivity contribution >= 4 is 17.4 Å². The third-order valence-corrected chi connectivity index (χ3v) is 2.68. The van der Waals surface area contributed by atoms with Crippen LogP contribution in [-0.4, -0.2) is 23.3 Å². The lowest BCUT2D eigenvalue weighted by Gasteiger charge is -2.02. The standard InChI is InChI=1S/C14H11NO6/c1-9-2-7-13(21-9)14(17)20-8-12(16)10-3-5-11(6-4-10)15(18)19/h2-7H,8H2,1H3. The van der Waals surface area contributed by atoms with Crippen molar-refractivity contribution in [3.63, 3.8) is 0 Å². The van der Waals surface area contributed by atoms with E-state index in [0.29, 0.717) is 5.76 Å². The Morgan fingerprint density at radius 2 is 1.86 bits per heavy atom. The number of rotatable bonds is 5. The first kappa shape index (κ1) is 14.4. The van der Waals surface area contributed by atoms with Gasteiger partial charge in [0.1, 0.15) is 5.76 Å². The number of furan rings is 1. The van der Waals surface area contributed by atoms with Crippen molar-refractivity contribution in [3.05, 3.63) is 63.6 Å². The number of Topliss-reactive ketones (excluding diaryl/α,β-unsaturated/α-hetero) is 1. The van der Waals surface area contributed by atoms with E-state index in [9.17, 15) is 19.7 Å². The highest BCUT2D eigenvalue weighted by Gasteiger charge is 2.15. The maximum Gasteiger partial charge on any atom is 0.374 e. The van der Waals surface area contributed by atoms with Crippen molar-refractivity contribution < 1.29 is 23.7 Å². The highest BCUT2D eigenvalue weighted by atomic mass is 16.6. The maximum absolute atomic E-state index is 11.8. The van der Waals surface area contributed by atoms with Crippen LogP contribution in [0.3, 0.4) is 0 Å². The minimum absolute atomic E-state index is 0.0176. The SMILES string of the molecule is Cc1ccc(C(=O)OCC(=O)c2ccc([N+](=O)[O-])cc2)o1. The van der Waals surface area contributed by atoms with Gasteiger partial charge in [0.05, 0.1) is 4.92 Å². The van der Waals surface area contributed by atoms with Gasteiger partial charge >= 0.3 is 5.97 Å². The molecule has 0 aliphatic carbocycles. The van der Waals surface area contributed by atoms with Gasteiger partial charge in [-0.2, -0.15) is 0 Å². The second kappa shape index (κ2) is 6.00. The van der Waals surface area contributed by atoms with E-state index in [1.165, 1.54) is 30.3 Å². The molecule has 0 amide bonds. The Kier molecular flexibility index (Phi) is 4.13. The number of carbonyl (C=O) groups excluding carboxylic acids is 2. The minimum atomic E-state index is -0.738. The number of nitrogens with zero attached hydrogens (tertiary/aromatic N) is 1. The summed E-state index contributed by atoms with van der Waals surface area (Å²) in [5.41, 5.74) is 0.110. The first-order valence-corrected chi connectivity index (χ1v) is 5.98. The molecule has 0 radical (unpaired) electrons. The molecule has 2 rings (SSSR count). The van der Waals surface area contributed by atoms with Crippen molar-refractivity contribution in [1.82, 2.24) is 0 Å². The van der Waals surface area contributed by atoms with Gasteiger partial charge in [-0.05, 0) is 31.2 Å². The summed E-state index contributed by atoms with van der Waals surface area (Å²) in [5.74, 6) is -0.618. The van der Waals surface area contributed by atoms with Crippen LogP contribution in [0.2, 0.25) is 0 Å². The molecule has 1 aromatic carbocycles. The van der Waals surface area contributed by atoms with Gasteiger partial charge in [-0.1, -0.05) is 0 Å². The summed E-state index contributed by atoms with van der Waals surface area (Å²) in [6, 6.07) is 8.11. The zero-order valence-electron chi connectivity index (χ0n) is 11.1. The molecule has 7 heteroatoms. The van der Waals surface area contributed by atoms with Crippen molar-refractivity contribution in [1.29, 1.82) is 0 Å². The van der Waals surface area contributed by atoms with Gasteiger partial charge in [0.25, 0.3) is 5.69 Å². The molecule has 0 unspecified atom stereocenters. The maximum atomic E-state index is 11.8. The van der Waals surface area contributed by atoms with E-state index in [1.807, 2.05) is 0 Å². The number of non-ortho nitro benzene ring substituents is 1. The van der Waals surface area contributed by atoms with Gasteiger partial charge in [0, 0.05) is 17.7 Å². The van der Waals surface area contributed by atoms with Crippen LogP contribution in [0.5, 0.6) is 0 Å². The molecule has 0 N–H and O–H groups in total. The molecule has 0 aliphatic rings. The zero-order valence-corrected chi connectivity index (χ0v) is 11.1. The fourth-order valence-electron chi connectivity index (χ4n) is 1.60. The number of benzene rings is 1. The lowest BCUT2D eigenvalue weighted by atomic mass is 10.1. The molecular formula is C14H11NO6. The highest BCUT2D eigenvalue weighted by Crippen LogP contribution is 2.13. The second-order valence-electron chi connectivity index (χ2n) is 4.21. The predicted molar refractivity (Wildman–Crippen MR) is 71.2 cm³/mol. The fourth-order valence-corrected chi connectivity index (χ4v) is 1.60. The zero-order chi connectivity index (χ0) is 15.4. The Balaban J connectivity index is 1.95. The third kappa shape index (κ3) is 3.53. The van der Waals surface area contributed by atoms with E-state index in [-0.39, 0.29) is 17.0 Å². The molecule has 7 nitrogen and oxygen atoms in total. The lowest BCUT2D eigenvalue weighted by molar-refractivity contribution is -0.384. The van der Waals surface area contributed by atoms with Gasteiger partial charge in [-0.15, -0.1) is 0 Å². The molecule has 0 fully saturated rings. The van der Waals surface area contributed by atoms with Crippen molar-refractivity contribution in [2.75, 3.05) is 6.61 Å². The fraction of sp³-hybridized carbons (Fsp3) is 0.143. The number of hydrogen-bond acceptors (Lipinski definition) is 6. The molecule has 21 heavy (non-hydrogen) atoms. The smallest absolute Gasteiger partial charge is 0.374 e. The van der Waals surface area contributed by atoms with Crippen LogP contribution < -0.4 is 0 Å². The van der Waals surface area contributed by atoms with Gasteiger partial charge < -0.3 is 9.15 Å². The largest absolute Gasteiger partial charge is 0.454 e. The second-order valence-corrected chi connectivity index (χ2v) is 4.21. The van der Waals surface area contributed by atoms with Crippen LogP contribution >= 0.6 is 0 Å². The summed E-state index contributed by atoms with van der Waals surface area (Å²) in [7, 11) is 0. The van der Waals surface area contributed by atoms with Crippen LogP contribution in [0.1, 0.15) is 26.7 Å². The Hall–Kier alpha value is -2.96. The number of nitro benzene ring substituents is 1. The van der Waals surface area contributed by atoms with Gasteiger partial charge in [-0.25, -0.2) is 4.79 Å². The van der Waals surface area contributed by atoms with Crippen LogP contribution in [-0.2, 0) is 4.74 Å². The number of aryl methyl sites for hydroxylation is 1. The van der Waals surface area contributed by atoms with Crippen LogP contribution in [0.25, 0.3) is 0 Å². The van der Waals surface area contributed by atoms with Crippen molar-refractivity contribution in [2.24, 2.45) is 0 Å². The average Bonchev–Trinajstić information content (AvgIpc) is 2.91. The first-order chi connectivity index (χ1) is 9.97. The number of carbonyl (C=O) groups is 2. The lowest BCUT2D eigenvalue weighted by Crippen LogP contribution is -2.13. The van der Waals surface area contributed by atoms with E-state index in [0.717, 1.165) is 0 Å². The quantitative estimate of drug-likeness (QED) is 0.363. The molecule has 108 valence electrons. The monoisotopic (exact) mass is 289 g/mol. The normalized spacial score (nSPS) is 10.1. The number of esters is 1. The van der Waals surface area contributed by atoms with Crippen molar-refractivity contribution in [3.8, 4) is 0 Å². The van der Waals surface area contributed by atoms with E-state index in [4.69, 9.17) is 9.15 Å². The molecule has 0 bridgehead atoms. The average molecular weight is 289 g/mol. The third-order valence-electron chi connectivity index (χ3n) is 2.68. The molecule has 0 aliphatic heterocycles. The topological polar surface area (TPSA) is 99.7 Å². The number of ketones is 1. The summed E-state index contributed by atoms with van der Waals surface area (Å²) < 4.78 is 9.88. The molecule has 0 spiro atoms. The molecule has 0 atom stereocenters. The van der Waals surface area contributed by atoms with Crippen LogP contribution in [0.4, 0.5) is 5.69 Å². The highest BCUT2D eigenvalue weighted by molar-refractivity contribution is 5.99. The van der Waals surface area contributed by atoms with E-state index in [2.05, 4.69) is 0 Å². The summed E-state index contributed by atoms with van der Waals surface area (Å²) in [6.45, 7) is 1.22. The molecule has 0 saturated heterocycles. The predicted octanol–water partition coefficient (Wildman–Crippen LogP) is 2.54. The Morgan fingerprint density at radius 3 is 2.38 bits per heavy atom. The minimum Gasteiger partial charge on any atom is -0.454 e. The number of hydrogen-bond donors (Lipinski definition) is 0. The van der Waals surface area contributed by atoms with E-state index < -0.39 is 23.3 Å². The van der Waals surface area contributed by atoms with Gasteiger partial charge in [-0.3, -0.25) is 14.9 Å². The van der Waals surface area contributed by atoms with Crippen molar-refractivity contribution in [2.45, 2.75) is 6.92 Å². The molecule has 2 aromatic rings. The van der Waals surface area contributed by atoms with E-state index in [1.54, 1.807) is 13.0 Å². The van der Waals surface area contributed by atoms with Gasteiger partial charge in [0.15, 0.2) is 12.4 Å². The summed E-state index contributed by atoms with van der Waals surface area (Å²) in [6.07, 6.45) is 0. The Labute approximate surface area is 119 Å². The summed E-state index contributed by atoms with van der Waals surface area (Å²) >= 11 is 0. The molecule has 1 heterocycles. The number of ether oxygens (including phenoxy) is 1. The number of nitro groups is 1. The molecular weight excluding hydrogens is 278 g/mol.